The zero-order chi connectivity index (χ0) is 11.4. The van der Waals surface area contributed by atoms with E-state index in [2.05, 4.69) is 21.0 Å². The highest BCUT2D eigenvalue weighted by Crippen LogP contribution is 2.24. The summed E-state index contributed by atoms with van der Waals surface area (Å²) in [7, 11) is 3.80. The fourth-order valence-electron chi connectivity index (χ4n) is 1.26. The topological polar surface area (TPSA) is 21.1 Å². The lowest BCUT2D eigenvalue weighted by Gasteiger charge is -2.12. The number of halogens is 3. The maximum Gasteiger partial charge on any atom is 0.280 e. The Labute approximate surface area is 96.2 Å². The first-order valence-electron chi connectivity index (χ1n) is 4.59. The van der Waals surface area contributed by atoms with Gasteiger partial charge in [0.1, 0.15) is 5.69 Å². The molecule has 0 fully saturated rings. The second-order valence-electron chi connectivity index (χ2n) is 3.52. The summed E-state index contributed by atoms with van der Waals surface area (Å²) in [5, 5.41) is 4.37. The molecule has 0 amide bonds. The van der Waals surface area contributed by atoms with Gasteiger partial charge < -0.3 is 4.90 Å². The largest absolute Gasteiger partial charge is 0.308 e. The van der Waals surface area contributed by atoms with Crippen molar-refractivity contribution in [3.05, 3.63) is 17.5 Å². The Balaban J connectivity index is 2.82. The molecule has 1 rings (SSSR count). The molecule has 6 heteroatoms. The zero-order valence-electron chi connectivity index (χ0n) is 8.75. The molecule has 0 radical (unpaired) electrons. The number of nitrogens with zero attached hydrogens (tertiary/aromatic N) is 3. The molecule has 0 N–H and O–H groups in total. The van der Waals surface area contributed by atoms with E-state index in [9.17, 15) is 8.78 Å². The highest BCUT2D eigenvalue weighted by molar-refractivity contribution is 9.08. The molecule has 1 aromatic heterocycles. The molecule has 0 spiro atoms. The lowest BCUT2D eigenvalue weighted by atomic mass is 10.3. The van der Waals surface area contributed by atoms with Gasteiger partial charge in [0.05, 0.1) is 12.7 Å². The van der Waals surface area contributed by atoms with Crippen LogP contribution in [-0.2, 0) is 11.9 Å². The van der Waals surface area contributed by atoms with Crippen molar-refractivity contribution in [3.63, 3.8) is 0 Å². The molecule has 0 saturated carbocycles. The fourth-order valence-corrected chi connectivity index (χ4v) is 1.69. The van der Waals surface area contributed by atoms with Gasteiger partial charge in [-0.15, -0.1) is 0 Å². The summed E-state index contributed by atoms with van der Waals surface area (Å²) in [5.41, 5.74) is 0.581. The fraction of sp³-hybridized carbons (Fsp3) is 0.667. The third kappa shape index (κ3) is 3.24. The van der Waals surface area contributed by atoms with Crippen LogP contribution in [0, 0.1) is 0 Å². The predicted molar refractivity (Wildman–Crippen MR) is 58.4 cm³/mol. The van der Waals surface area contributed by atoms with Crippen molar-refractivity contribution in [2.75, 3.05) is 20.6 Å². The summed E-state index contributed by atoms with van der Waals surface area (Å²) in [5.74, 6) is 0. The van der Waals surface area contributed by atoms with Crippen LogP contribution in [0.4, 0.5) is 8.78 Å². The number of rotatable bonds is 5. The summed E-state index contributed by atoms with van der Waals surface area (Å²) in [6.07, 6.45) is -0.978. The molecule has 1 heterocycles. The molecule has 0 aliphatic rings. The van der Waals surface area contributed by atoms with E-state index in [-0.39, 0.29) is 5.69 Å². The van der Waals surface area contributed by atoms with E-state index in [4.69, 9.17) is 0 Å². The maximum absolute atomic E-state index is 12.7. The summed E-state index contributed by atoms with van der Waals surface area (Å²) in [6, 6.07) is 0. The second-order valence-corrected chi connectivity index (χ2v) is 4.08. The van der Waals surface area contributed by atoms with Gasteiger partial charge in [-0.25, -0.2) is 8.78 Å². The first-order valence-corrected chi connectivity index (χ1v) is 5.71. The van der Waals surface area contributed by atoms with Crippen molar-refractivity contribution >= 4 is 15.9 Å². The minimum Gasteiger partial charge on any atom is -0.308 e. The molecular formula is C9H14BrF2N3. The monoisotopic (exact) mass is 281 g/mol. The van der Waals surface area contributed by atoms with E-state index in [1.54, 1.807) is 0 Å². The molecule has 3 nitrogen and oxygen atoms in total. The van der Waals surface area contributed by atoms with E-state index in [1.165, 1.54) is 10.9 Å². The number of alkyl halides is 3. The van der Waals surface area contributed by atoms with Crippen LogP contribution < -0.4 is 0 Å². The maximum atomic E-state index is 12.7. The van der Waals surface area contributed by atoms with E-state index in [0.717, 1.165) is 0 Å². The van der Waals surface area contributed by atoms with Crippen molar-refractivity contribution in [3.8, 4) is 0 Å². The summed E-state index contributed by atoms with van der Waals surface area (Å²) in [4.78, 5) is 1.94. The molecule has 15 heavy (non-hydrogen) atoms. The van der Waals surface area contributed by atoms with E-state index < -0.39 is 6.43 Å². The summed E-state index contributed by atoms with van der Waals surface area (Å²) < 4.78 is 26.9. The van der Waals surface area contributed by atoms with E-state index >= 15 is 0 Å². The smallest absolute Gasteiger partial charge is 0.280 e. The lowest BCUT2D eigenvalue weighted by Crippen LogP contribution is -2.20. The van der Waals surface area contributed by atoms with Gasteiger partial charge >= 0.3 is 0 Å². The average Bonchev–Trinajstić information content (AvgIpc) is 2.57. The van der Waals surface area contributed by atoms with Gasteiger partial charge in [0, 0.05) is 17.4 Å². The highest BCUT2D eigenvalue weighted by Gasteiger charge is 2.18. The van der Waals surface area contributed by atoms with Crippen LogP contribution in [0.2, 0.25) is 0 Å². The van der Waals surface area contributed by atoms with Gasteiger partial charge in [0.15, 0.2) is 0 Å². The average molecular weight is 282 g/mol. The Bertz CT molecular complexity index is 312. The minimum atomic E-state index is -2.47. The van der Waals surface area contributed by atoms with Gasteiger partial charge in [0.2, 0.25) is 0 Å². The van der Waals surface area contributed by atoms with Gasteiger partial charge in [-0.3, -0.25) is 4.68 Å². The Morgan fingerprint density at radius 1 is 1.53 bits per heavy atom. The van der Waals surface area contributed by atoms with Crippen LogP contribution >= 0.6 is 15.9 Å². The summed E-state index contributed by atoms with van der Waals surface area (Å²) >= 11 is 3.17. The normalized spacial score (nSPS) is 11.7. The Morgan fingerprint density at radius 3 is 2.67 bits per heavy atom. The Hall–Kier alpha value is -0.490. The molecule has 86 valence electrons. The summed E-state index contributed by atoms with van der Waals surface area (Å²) in [6.45, 7) is 1.18. The van der Waals surface area contributed by atoms with Crippen LogP contribution in [0.3, 0.4) is 0 Å². The highest BCUT2D eigenvalue weighted by atomic mass is 79.9. The number of likely N-dealkylation sites (N-methyl/N-ethyl adjacent to an activating group) is 1. The molecule has 0 atom stereocenters. The first kappa shape index (κ1) is 12.6. The van der Waals surface area contributed by atoms with Crippen LogP contribution in [0.25, 0.3) is 0 Å². The van der Waals surface area contributed by atoms with E-state index in [0.29, 0.717) is 24.0 Å². The number of aromatic nitrogens is 2. The third-order valence-corrected chi connectivity index (χ3v) is 2.67. The molecular weight excluding hydrogens is 268 g/mol. The van der Waals surface area contributed by atoms with E-state index in [1.807, 2.05) is 19.0 Å². The zero-order valence-corrected chi connectivity index (χ0v) is 10.3. The molecule has 0 saturated heterocycles. The molecule has 0 unspecified atom stereocenters. The number of hydrogen-bond acceptors (Lipinski definition) is 2. The van der Waals surface area contributed by atoms with Gasteiger partial charge in [-0.2, -0.15) is 5.10 Å². The van der Waals surface area contributed by atoms with Crippen LogP contribution in [0.1, 0.15) is 17.7 Å². The molecule has 0 bridgehead atoms. The SMILES string of the molecule is CN(C)CCn1ncc(CBr)c1C(F)F. The van der Waals surface area contributed by atoms with Crippen molar-refractivity contribution in [1.29, 1.82) is 0 Å². The van der Waals surface area contributed by atoms with Crippen molar-refractivity contribution in [1.82, 2.24) is 14.7 Å². The molecule has 0 aromatic carbocycles. The van der Waals surface area contributed by atoms with Gasteiger partial charge in [-0.05, 0) is 14.1 Å². The van der Waals surface area contributed by atoms with Crippen LogP contribution in [-0.4, -0.2) is 35.3 Å². The predicted octanol–water partition coefficient (Wildman–Crippen LogP) is 2.28. The Kier molecular flexibility index (Phi) is 4.66. The van der Waals surface area contributed by atoms with Crippen molar-refractivity contribution in [2.45, 2.75) is 18.3 Å². The van der Waals surface area contributed by atoms with Gasteiger partial charge in [-0.1, -0.05) is 15.9 Å². The first-order chi connectivity index (χ1) is 7.06. The van der Waals surface area contributed by atoms with Crippen LogP contribution in [0.5, 0.6) is 0 Å². The number of hydrogen-bond donors (Lipinski definition) is 0. The second kappa shape index (κ2) is 5.55. The van der Waals surface area contributed by atoms with Crippen molar-refractivity contribution in [2.24, 2.45) is 0 Å². The third-order valence-electron chi connectivity index (χ3n) is 2.07. The molecule has 0 aliphatic carbocycles. The van der Waals surface area contributed by atoms with Gasteiger partial charge in [0.25, 0.3) is 6.43 Å². The quantitative estimate of drug-likeness (QED) is 0.772. The van der Waals surface area contributed by atoms with Crippen LogP contribution in [0.15, 0.2) is 6.20 Å². The van der Waals surface area contributed by atoms with Crippen molar-refractivity contribution < 1.29 is 8.78 Å². The molecule has 1 aromatic rings. The molecule has 0 aliphatic heterocycles. The lowest BCUT2D eigenvalue weighted by molar-refractivity contribution is 0.137. The standard InChI is InChI=1S/C9H14BrF2N3/c1-14(2)3-4-15-8(9(11)12)7(5-10)6-13-15/h6,9H,3-5H2,1-2H3. The minimum absolute atomic E-state index is 0.0220. The Morgan fingerprint density at radius 2 is 2.20 bits per heavy atom.